The van der Waals surface area contributed by atoms with E-state index in [0.29, 0.717) is 15.9 Å². The molecule has 0 amide bonds. The van der Waals surface area contributed by atoms with E-state index in [0.717, 1.165) is 42.8 Å². The van der Waals surface area contributed by atoms with E-state index in [1.807, 2.05) is 18.7 Å². The van der Waals surface area contributed by atoms with Crippen LogP contribution in [0, 0.1) is 24.0 Å². The molecular formula is C21H22N4O5S. The molecule has 4 rings (SSSR count). The number of nitrogens with one attached hydrogen (secondary N) is 1. The van der Waals surface area contributed by atoms with Crippen molar-refractivity contribution >= 4 is 38.9 Å². The number of aryl methyl sites for hydroxylation is 2. The van der Waals surface area contributed by atoms with Gasteiger partial charge in [0.1, 0.15) is 22.9 Å². The minimum absolute atomic E-state index is 0.0821. The highest BCUT2D eigenvalue weighted by molar-refractivity contribution is 7.18. The summed E-state index contributed by atoms with van der Waals surface area (Å²) in [5.74, 6) is -0.485. The molecule has 0 saturated carbocycles. The van der Waals surface area contributed by atoms with Crippen molar-refractivity contribution in [1.82, 2.24) is 9.97 Å². The number of carbonyl (C=O) groups is 1. The van der Waals surface area contributed by atoms with Gasteiger partial charge in [-0.25, -0.2) is 9.78 Å². The van der Waals surface area contributed by atoms with Gasteiger partial charge in [0.25, 0.3) is 11.2 Å². The van der Waals surface area contributed by atoms with Crippen LogP contribution in [0.5, 0.6) is 0 Å². The van der Waals surface area contributed by atoms with Gasteiger partial charge < -0.3 is 14.6 Å². The minimum Gasteiger partial charge on any atom is -0.454 e. The molecule has 1 aliphatic heterocycles. The van der Waals surface area contributed by atoms with Crippen molar-refractivity contribution in [3.8, 4) is 0 Å². The number of aromatic amines is 1. The van der Waals surface area contributed by atoms with Crippen LogP contribution in [0.1, 0.15) is 45.9 Å². The van der Waals surface area contributed by atoms with Crippen molar-refractivity contribution in [3.63, 3.8) is 0 Å². The Morgan fingerprint density at radius 2 is 2.03 bits per heavy atom. The maximum absolute atomic E-state index is 12.5. The first-order valence-electron chi connectivity index (χ1n) is 10.0. The fraction of sp³-hybridized carbons (Fsp3) is 0.381. The molecule has 0 bridgehead atoms. The first-order valence-corrected chi connectivity index (χ1v) is 10.9. The fourth-order valence-corrected chi connectivity index (χ4v) is 4.83. The normalized spacial score (nSPS) is 14.1. The van der Waals surface area contributed by atoms with Gasteiger partial charge in [0.15, 0.2) is 0 Å². The van der Waals surface area contributed by atoms with Gasteiger partial charge in [0.05, 0.1) is 15.9 Å². The third-order valence-corrected chi connectivity index (χ3v) is 6.63. The number of nitrogens with zero attached hydrogens (tertiary/aromatic N) is 3. The van der Waals surface area contributed by atoms with Crippen molar-refractivity contribution in [2.75, 3.05) is 18.0 Å². The average molecular weight is 442 g/mol. The number of H-pyrrole nitrogens is 1. The number of anilines is 1. The number of nitro groups is 1. The lowest BCUT2D eigenvalue weighted by Crippen LogP contribution is -2.30. The Kier molecular flexibility index (Phi) is 5.73. The molecule has 0 spiro atoms. The lowest BCUT2D eigenvalue weighted by molar-refractivity contribution is -0.384. The summed E-state index contributed by atoms with van der Waals surface area (Å²) >= 11 is 1.41. The summed E-state index contributed by atoms with van der Waals surface area (Å²) in [6, 6.07) is 4.38. The van der Waals surface area contributed by atoms with Crippen LogP contribution in [0.4, 0.5) is 11.4 Å². The van der Waals surface area contributed by atoms with Crippen LogP contribution in [-0.4, -0.2) is 34.0 Å². The molecule has 0 unspecified atom stereocenters. The molecule has 1 aliphatic rings. The van der Waals surface area contributed by atoms with Crippen LogP contribution in [0.2, 0.25) is 0 Å². The second-order valence-electron chi connectivity index (χ2n) is 7.56. The first-order chi connectivity index (χ1) is 14.8. The van der Waals surface area contributed by atoms with E-state index in [2.05, 4.69) is 9.97 Å². The summed E-state index contributed by atoms with van der Waals surface area (Å²) in [6.45, 7) is 5.07. The monoisotopic (exact) mass is 442 g/mol. The number of esters is 1. The van der Waals surface area contributed by atoms with Gasteiger partial charge in [-0.05, 0) is 50.8 Å². The van der Waals surface area contributed by atoms with Crippen molar-refractivity contribution in [2.45, 2.75) is 39.7 Å². The predicted molar refractivity (Wildman–Crippen MR) is 118 cm³/mol. The molecule has 9 nitrogen and oxygen atoms in total. The molecule has 0 radical (unpaired) electrons. The number of carbonyl (C=O) groups excluding carboxylic acids is 1. The maximum atomic E-state index is 12.5. The number of nitro benzene ring substituents is 1. The zero-order chi connectivity index (χ0) is 22.1. The Morgan fingerprint density at radius 1 is 1.29 bits per heavy atom. The molecule has 0 aliphatic carbocycles. The summed E-state index contributed by atoms with van der Waals surface area (Å²) in [6.07, 6.45) is 3.08. The lowest BCUT2D eigenvalue weighted by Gasteiger charge is -2.28. The molecule has 1 fully saturated rings. The summed E-state index contributed by atoms with van der Waals surface area (Å²) in [4.78, 5) is 46.6. The van der Waals surface area contributed by atoms with E-state index in [1.54, 1.807) is 6.07 Å². The van der Waals surface area contributed by atoms with Crippen molar-refractivity contribution < 1.29 is 14.5 Å². The van der Waals surface area contributed by atoms with E-state index < -0.39 is 10.9 Å². The zero-order valence-corrected chi connectivity index (χ0v) is 18.1. The highest BCUT2D eigenvalue weighted by Gasteiger charge is 2.24. The zero-order valence-electron chi connectivity index (χ0n) is 17.3. The average Bonchev–Trinajstić information content (AvgIpc) is 3.06. The Morgan fingerprint density at radius 3 is 2.74 bits per heavy atom. The van der Waals surface area contributed by atoms with Crippen LogP contribution in [0.15, 0.2) is 23.0 Å². The van der Waals surface area contributed by atoms with Crippen LogP contribution in [0.25, 0.3) is 10.2 Å². The van der Waals surface area contributed by atoms with E-state index in [1.165, 1.54) is 23.5 Å². The molecule has 3 aromatic rings. The minimum atomic E-state index is -0.713. The number of thiophene rings is 1. The van der Waals surface area contributed by atoms with E-state index in [4.69, 9.17) is 4.74 Å². The van der Waals surface area contributed by atoms with Gasteiger partial charge in [0.2, 0.25) is 0 Å². The van der Waals surface area contributed by atoms with E-state index in [9.17, 15) is 19.7 Å². The Labute approximate surface area is 181 Å². The fourth-order valence-electron chi connectivity index (χ4n) is 3.78. The molecule has 1 N–H and O–H groups in total. The van der Waals surface area contributed by atoms with Gasteiger partial charge in [-0.15, -0.1) is 11.3 Å². The van der Waals surface area contributed by atoms with Crippen molar-refractivity contribution in [2.24, 2.45) is 0 Å². The summed E-state index contributed by atoms with van der Waals surface area (Å²) in [5, 5.41) is 12.1. The van der Waals surface area contributed by atoms with Gasteiger partial charge in [-0.2, -0.15) is 0 Å². The maximum Gasteiger partial charge on any atom is 0.338 e. The SMILES string of the molecule is Cc1sc2nc(COC(=O)c3ccc(N4CCCCC4)c([N+](=O)[O-])c3)[nH]c(=O)c2c1C. The molecule has 3 heterocycles. The molecule has 31 heavy (non-hydrogen) atoms. The second-order valence-corrected chi connectivity index (χ2v) is 8.76. The van der Waals surface area contributed by atoms with Crippen LogP contribution in [0.3, 0.4) is 0 Å². The van der Waals surface area contributed by atoms with Gasteiger partial charge in [0, 0.05) is 24.0 Å². The third-order valence-electron chi connectivity index (χ3n) is 5.53. The Hall–Kier alpha value is -3.27. The number of ether oxygens (including phenoxy) is 1. The van der Waals surface area contributed by atoms with Gasteiger partial charge in [-0.3, -0.25) is 14.9 Å². The number of benzene rings is 1. The second kappa shape index (κ2) is 8.46. The predicted octanol–water partition coefficient (Wildman–Crippen LogP) is 3.86. The molecule has 162 valence electrons. The number of hydrogen-bond acceptors (Lipinski definition) is 8. The molecule has 10 heteroatoms. The smallest absolute Gasteiger partial charge is 0.338 e. The number of piperidine rings is 1. The van der Waals surface area contributed by atoms with Crippen molar-refractivity contribution in [1.29, 1.82) is 0 Å². The highest BCUT2D eigenvalue weighted by atomic mass is 32.1. The number of rotatable bonds is 5. The molecule has 2 aromatic heterocycles. The largest absolute Gasteiger partial charge is 0.454 e. The van der Waals surface area contributed by atoms with Crippen molar-refractivity contribution in [3.05, 3.63) is 60.5 Å². The van der Waals surface area contributed by atoms with Crippen LogP contribution < -0.4 is 10.5 Å². The number of hydrogen-bond donors (Lipinski definition) is 1. The van der Waals surface area contributed by atoms with Gasteiger partial charge >= 0.3 is 5.97 Å². The first kappa shape index (κ1) is 21.0. The summed E-state index contributed by atoms with van der Waals surface area (Å²) in [5.41, 5.74) is 1.09. The molecule has 1 saturated heterocycles. The quantitative estimate of drug-likeness (QED) is 0.362. The topological polar surface area (TPSA) is 118 Å². The van der Waals surface area contributed by atoms with E-state index in [-0.39, 0.29) is 29.2 Å². The Bertz CT molecular complexity index is 1230. The van der Waals surface area contributed by atoms with Crippen LogP contribution in [-0.2, 0) is 11.3 Å². The summed E-state index contributed by atoms with van der Waals surface area (Å²) in [7, 11) is 0. The number of aromatic nitrogens is 2. The lowest BCUT2D eigenvalue weighted by atomic mass is 10.1. The Balaban J connectivity index is 1.53. The standard InChI is InChI=1S/C21H22N4O5S/c1-12-13(2)31-20-18(12)19(26)22-17(23-20)11-30-21(27)14-6-7-15(16(10-14)25(28)29)24-8-4-3-5-9-24/h6-7,10H,3-5,8-9,11H2,1-2H3,(H,22,23,26). The third kappa shape index (κ3) is 4.15. The molecular weight excluding hydrogens is 420 g/mol. The summed E-state index contributed by atoms with van der Waals surface area (Å²) < 4.78 is 5.27. The number of fused-ring (bicyclic) bond motifs is 1. The van der Waals surface area contributed by atoms with Gasteiger partial charge in [-0.1, -0.05) is 0 Å². The van der Waals surface area contributed by atoms with E-state index >= 15 is 0 Å². The molecule has 1 aromatic carbocycles. The highest BCUT2D eigenvalue weighted by Crippen LogP contribution is 2.31. The van der Waals surface area contributed by atoms with Crippen LogP contribution >= 0.6 is 11.3 Å². The molecule has 0 atom stereocenters.